The van der Waals surface area contributed by atoms with E-state index in [0.29, 0.717) is 12.2 Å². The molecular weight excluding hydrogens is 332 g/mol. The van der Waals surface area contributed by atoms with Crippen LogP contribution in [0, 0.1) is 0 Å². The molecule has 0 saturated heterocycles. The third kappa shape index (κ3) is 3.65. The molecule has 0 aliphatic carbocycles. The van der Waals surface area contributed by atoms with Crippen LogP contribution in [0.15, 0.2) is 41.3 Å². The second-order valence-corrected chi connectivity index (χ2v) is 5.88. The van der Waals surface area contributed by atoms with Crippen molar-refractivity contribution in [3.05, 3.63) is 52.6 Å². The Morgan fingerprint density at radius 3 is 2.65 bits per heavy atom. The summed E-state index contributed by atoms with van der Waals surface area (Å²) in [5, 5.41) is 10.6. The normalized spacial score (nSPS) is 11.2. The number of nitrogens with zero attached hydrogens (tertiary/aromatic N) is 4. The van der Waals surface area contributed by atoms with Crippen LogP contribution in [0.25, 0.3) is 16.8 Å². The van der Waals surface area contributed by atoms with E-state index in [1.165, 1.54) is 4.52 Å². The van der Waals surface area contributed by atoms with Gasteiger partial charge in [0.25, 0.3) is 11.5 Å². The highest BCUT2D eigenvalue weighted by Gasteiger charge is 2.18. The maximum Gasteiger partial charge on any atom is 0.276 e. The summed E-state index contributed by atoms with van der Waals surface area (Å²) in [6.45, 7) is 7.21. The van der Waals surface area contributed by atoms with Crippen molar-refractivity contribution < 1.29 is 4.79 Å². The number of benzene rings is 1. The molecule has 0 aliphatic heterocycles. The van der Waals surface area contributed by atoms with Crippen LogP contribution in [0.4, 0.5) is 0 Å². The van der Waals surface area contributed by atoms with Crippen LogP contribution in [-0.4, -0.2) is 56.8 Å². The van der Waals surface area contributed by atoms with Crippen molar-refractivity contribution in [1.29, 1.82) is 0 Å². The number of carbonyl (C=O) groups excluding carboxylic acids is 1. The van der Waals surface area contributed by atoms with Gasteiger partial charge in [-0.3, -0.25) is 9.59 Å². The van der Waals surface area contributed by atoms with Gasteiger partial charge in [0.15, 0.2) is 11.2 Å². The number of aromatic nitrogens is 4. The Morgan fingerprint density at radius 2 is 1.96 bits per heavy atom. The molecule has 3 aromatic rings. The lowest BCUT2D eigenvalue weighted by Crippen LogP contribution is -2.35. The number of hydrogen-bond donors (Lipinski definition) is 2. The molecule has 0 fully saturated rings. The summed E-state index contributed by atoms with van der Waals surface area (Å²) >= 11 is 0. The maximum atomic E-state index is 12.5. The van der Waals surface area contributed by atoms with Gasteiger partial charge in [0, 0.05) is 13.1 Å². The number of likely N-dealkylation sites (N-methyl/N-ethyl adjacent to an activating group) is 1. The van der Waals surface area contributed by atoms with Crippen LogP contribution in [0.3, 0.4) is 0 Å². The number of carbonyl (C=O) groups is 1. The number of H-pyrrole nitrogens is 1. The summed E-state index contributed by atoms with van der Waals surface area (Å²) in [5.74, 6) is -0.398. The molecule has 1 aromatic carbocycles. The van der Waals surface area contributed by atoms with Crippen molar-refractivity contribution in [2.75, 3.05) is 26.2 Å². The molecule has 0 unspecified atom stereocenters. The highest BCUT2D eigenvalue weighted by Crippen LogP contribution is 2.15. The van der Waals surface area contributed by atoms with Crippen LogP contribution in [-0.2, 0) is 0 Å². The molecule has 0 atom stereocenters. The smallest absolute Gasteiger partial charge is 0.276 e. The van der Waals surface area contributed by atoms with E-state index >= 15 is 0 Å². The SMILES string of the molecule is CCN(CC)CCNC(=O)c1nnn2cc(-c3ccccc3)[nH]c(=O)c12. The summed E-state index contributed by atoms with van der Waals surface area (Å²) in [6, 6.07) is 9.43. The van der Waals surface area contributed by atoms with Crippen molar-refractivity contribution in [2.45, 2.75) is 13.8 Å². The molecule has 0 radical (unpaired) electrons. The van der Waals surface area contributed by atoms with E-state index in [1.54, 1.807) is 6.20 Å². The van der Waals surface area contributed by atoms with E-state index in [-0.39, 0.29) is 11.2 Å². The summed E-state index contributed by atoms with van der Waals surface area (Å²) in [5.41, 5.74) is 1.24. The molecule has 8 heteroatoms. The molecule has 3 rings (SSSR count). The predicted octanol–water partition coefficient (Wildman–Crippen LogP) is 1.16. The van der Waals surface area contributed by atoms with E-state index in [2.05, 4.69) is 39.4 Å². The molecular formula is C18H22N6O2. The van der Waals surface area contributed by atoms with Gasteiger partial charge in [0.1, 0.15) is 0 Å². The van der Waals surface area contributed by atoms with Gasteiger partial charge in [-0.05, 0) is 18.7 Å². The van der Waals surface area contributed by atoms with Crippen molar-refractivity contribution in [1.82, 2.24) is 30.0 Å². The van der Waals surface area contributed by atoms with E-state index in [0.717, 1.165) is 25.2 Å². The largest absolute Gasteiger partial charge is 0.349 e. The van der Waals surface area contributed by atoms with Crippen molar-refractivity contribution >= 4 is 11.4 Å². The third-order valence-electron chi connectivity index (χ3n) is 4.32. The van der Waals surface area contributed by atoms with Crippen LogP contribution >= 0.6 is 0 Å². The Balaban J connectivity index is 1.82. The molecule has 1 amide bonds. The zero-order valence-corrected chi connectivity index (χ0v) is 14.9. The Bertz CT molecular complexity index is 943. The second kappa shape index (κ2) is 7.92. The molecule has 2 N–H and O–H groups in total. The summed E-state index contributed by atoms with van der Waals surface area (Å²) in [4.78, 5) is 29.9. The van der Waals surface area contributed by atoms with Crippen LogP contribution in [0.2, 0.25) is 0 Å². The predicted molar refractivity (Wildman–Crippen MR) is 99.2 cm³/mol. The highest BCUT2D eigenvalue weighted by molar-refractivity contribution is 5.98. The minimum Gasteiger partial charge on any atom is -0.349 e. The molecule has 0 aliphatic rings. The molecule has 2 aromatic heterocycles. The van der Waals surface area contributed by atoms with E-state index in [1.807, 2.05) is 30.3 Å². The first kappa shape index (κ1) is 17.8. The first-order chi connectivity index (χ1) is 12.6. The zero-order valence-electron chi connectivity index (χ0n) is 14.9. The lowest BCUT2D eigenvalue weighted by atomic mass is 10.2. The highest BCUT2D eigenvalue weighted by atomic mass is 16.2. The van der Waals surface area contributed by atoms with Crippen LogP contribution in [0.1, 0.15) is 24.3 Å². The van der Waals surface area contributed by atoms with E-state index < -0.39 is 11.5 Å². The van der Waals surface area contributed by atoms with Gasteiger partial charge in [0.05, 0.1) is 11.9 Å². The Morgan fingerprint density at radius 1 is 1.23 bits per heavy atom. The monoisotopic (exact) mass is 354 g/mol. The van der Waals surface area contributed by atoms with E-state index in [4.69, 9.17) is 0 Å². The molecule has 136 valence electrons. The van der Waals surface area contributed by atoms with Gasteiger partial charge in [-0.25, -0.2) is 4.52 Å². The lowest BCUT2D eigenvalue weighted by molar-refractivity contribution is 0.0945. The van der Waals surface area contributed by atoms with Crippen molar-refractivity contribution in [3.63, 3.8) is 0 Å². The molecule has 0 bridgehead atoms. The fraction of sp³-hybridized carbons (Fsp3) is 0.333. The van der Waals surface area contributed by atoms with Crippen LogP contribution in [0.5, 0.6) is 0 Å². The number of nitrogens with one attached hydrogen (secondary N) is 2. The van der Waals surface area contributed by atoms with Gasteiger partial charge in [-0.15, -0.1) is 5.10 Å². The molecule has 26 heavy (non-hydrogen) atoms. The number of aromatic amines is 1. The first-order valence-electron chi connectivity index (χ1n) is 8.68. The van der Waals surface area contributed by atoms with Gasteiger partial charge in [0.2, 0.25) is 0 Å². The fourth-order valence-electron chi connectivity index (χ4n) is 2.80. The number of hydrogen-bond acceptors (Lipinski definition) is 5. The summed E-state index contributed by atoms with van der Waals surface area (Å²) in [7, 11) is 0. The summed E-state index contributed by atoms with van der Waals surface area (Å²) < 4.78 is 1.35. The second-order valence-electron chi connectivity index (χ2n) is 5.88. The minimum absolute atomic E-state index is 0.0328. The van der Waals surface area contributed by atoms with Gasteiger partial charge < -0.3 is 15.2 Å². The molecule has 2 heterocycles. The molecule has 8 nitrogen and oxygen atoms in total. The van der Waals surface area contributed by atoms with Gasteiger partial charge in [-0.2, -0.15) is 0 Å². The summed E-state index contributed by atoms with van der Waals surface area (Å²) in [6.07, 6.45) is 1.66. The average Bonchev–Trinajstić information content (AvgIpc) is 3.10. The standard InChI is InChI=1S/C18H22N6O2/c1-3-23(4-2)11-10-19-17(25)15-16-18(26)20-14(12-24(16)22-21-15)13-8-6-5-7-9-13/h5-9,12H,3-4,10-11H2,1-2H3,(H,19,25)(H,20,26). The molecule has 0 spiro atoms. The van der Waals surface area contributed by atoms with Crippen LogP contribution < -0.4 is 10.9 Å². The average molecular weight is 354 g/mol. The van der Waals surface area contributed by atoms with Gasteiger partial charge >= 0.3 is 0 Å². The van der Waals surface area contributed by atoms with Gasteiger partial charge in [-0.1, -0.05) is 49.4 Å². The quantitative estimate of drug-likeness (QED) is 0.664. The first-order valence-corrected chi connectivity index (χ1v) is 8.68. The van der Waals surface area contributed by atoms with Crippen molar-refractivity contribution in [2.24, 2.45) is 0 Å². The number of rotatable bonds is 7. The molecule has 0 saturated carbocycles. The van der Waals surface area contributed by atoms with E-state index in [9.17, 15) is 9.59 Å². The Kier molecular flexibility index (Phi) is 5.43. The minimum atomic E-state index is -0.398. The Labute approximate surface area is 150 Å². The fourth-order valence-corrected chi connectivity index (χ4v) is 2.80. The number of fused-ring (bicyclic) bond motifs is 1. The zero-order chi connectivity index (χ0) is 18.5. The third-order valence-corrected chi connectivity index (χ3v) is 4.32. The van der Waals surface area contributed by atoms with Crippen molar-refractivity contribution in [3.8, 4) is 11.3 Å². The maximum absolute atomic E-state index is 12.5. The topological polar surface area (TPSA) is 95.4 Å². The number of amides is 1. The lowest BCUT2D eigenvalue weighted by Gasteiger charge is -2.17. The Hall–Kier alpha value is -3.00.